The average molecular weight is 1060 g/mol. The third kappa shape index (κ3) is 61.2. The van der Waals surface area contributed by atoms with E-state index in [0.29, 0.717) is 19.3 Å². The van der Waals surface area contributed by atoms with Crippen molar-refractivity contribution in [2.24, 2.45) is 0 Å². The highest BCUT2D eigenvalue weighted by atomic mass is 16.6. The monoisotopic (exact) mass is 1060 g/mol. The quantitative estimate of drug-likeness (QED) is 0.0261. The molecule has 1 atom stereocenters. The second-order valence-corrected chi connectivity index (χ2v) is 21.3. The van der Waals surface area contributed by atoms with Crippen LogP contribution in [0.15, 0.2) is 97.2 Å². The third-order valence-electron chi connectivity index (χ3n) is 13.8. The Morgan fingerprint density at radius 3 is 0.842 bits per heavy atom. The summed E-state index contributed by atoms with van der Waals surface area (Å²) in [7, 11) is 0. The van der Waals surface area contributed by atoms with Gasteiger partial charge < -0.3 is 14.2 Å². The van der Waals surface area contributed by atoms with Crippen LogP contribution in [0.2, 0.25) is 0 Å². The van der Waals surface area contributed by atoms with Gasteiger partial charge in [0.2, 0.25) is 0 Å². The molecule has 0 saturated heterocycles. The fourth-order valence-electron chi connectivity index (χ4n) is 8.97. The number of allylic oxidation sites excluding steroid dienone is 16. The van der Waals surface area contributed by atoms with Crippen LogP contribution in [0.4, 0.5) is 0 Å². The molecular weight excluding hydrogens is 937 g/mol. The van der Waals surface area contributed by atoms with E-state index in [4.69, 9.17) is 14.2 Å². The highest BCUT2D eigenvalue weighted by molar-refractivity contribution is 5.71. The van der Waals surface area contributed by atoms with Gasteiger partial charge in [0.1, 0.15) is 13.2 Å². The number of hydrogen-bond acceptors (Lipinski definition) is 6. The number of carbonyl (C=O) groups excluding carboxylic acids is 3. The normalized spacial score (nSPS) is 12.7. The van der Waals surface area contributed by atoms with E-state index in [1.165, 1.54) is 161 Å². The van der Waals surface area contributed by atoms with Crippen molar-refractivity contribution in [3.05, 3.63) is 97.2 Å². The summed E-state index contributed by atoms with van der Waals surface area (Å²) in [5, 5.41) is 0. The maximum Gasteiger partial charge on any atom is 0.306 e. The van der Waals surface area contributed by atoms with Crippen LogP contribution in [-0.2, 0) is 28.6 Å². The van der Waals surface area contributed by atoms with Crippen LogP contribution in [0.3, 0.4) is 0 Å². The van der Waals surface area contributed by atoms with Gasteiger partial charge in [-0.2, -0.15) is 0 Å². The predicted octanol–water partition coefficient (Wildman–Crippen LogP) is 22.0. The van der Waals surface area contributed by atoms with Gasteiger partial charge in [-0.05, 0) is 122 Å². The SMILES string of the molecule is CC/C=C\C/C=C\C/C=C\C/C=C\C/C=C\CCCCCCCCCC(=O)OCC(COC(=O)CCCCCCC/C=C\CCCCC)OC(=O)CCCCCCCCCCCCC/C=C\C/C=C\CCCCCCC. The molecule has 0 aromatic heterocycles. The zero-order valence-electron chi connectivity index (χ0n) is 50.0. The molecule has 0 aromatic rings. The number of unbranched alkanes of at least 4 members (excludes halogenated alkanes) is 31. The highest BCUT2D eigenvalue weighted by Gasteiger charge is 2.19. The van der Waals surface area contributed by atoms with Gasteiger partial charge in [0, 0.05) is 19.3 Å². The van der Waals surface area contributed by atoms with Crippen molar-refractivity contribution in [3.63, 3.8) is 0 Å². The van der Waals surface area contributed by atoms with Gasteiger partial charge >= 0.3 is 17.9 Å². The van der Waals surface area contributed by atoms with Crippen LogP contribution in [-0.4, -0.2) is 37.2 Å². The molecule has 0 aliphatic carbocycles. The Bertz CT molecular complexity index is 1490. The smallest absolute Gasteiger partial charge is 0.306 e. The first-order valence-electron chi connectivity index (χ1n) is 32.2. The van der Waals surface area contributed by atoms with Gasteiger partial charge in [-0.25, -0.2) is 0 Å². The molecule has 0 radical (unpaired) electrons. The summed E-state index contributed by atoms with van der Waals surface area (Å²) in [5.41, 5.74) is 0. The summed E-state index contributed by atoms with van der Waals surface area (Å²) in [5.74, 6) is -0.898. The fraction of sp³-hybridized carbons (Fsp3) is 0.729. The Labute approximate surface area is 470 Å². The van der Waals surface area contributed by atoms with E-state index < -0.39 is 6.10 Å². The standard InChI is InChI=1S/C70H120O6/c1-4-7-10-13-16-19-22-25-27-29-31-33-35-37-39-41-43-45-48-51-54-57-60-63-69(72)75-66-67(65-74-68(71)62-59-56-53-50-47-24-21-18-15-12-9-6-3)76-70(73)64-61-58-55-52-49-46-44-42-40-38-36-34-32-30-28-26-23-20-17-14-11-8-5-2/h7,10,16,18-19,21,23,25-27,30-33,37,39,67H,4-6,8-9,11-15,17,20,22,24,28-29,34-36,38,40-66H2,1-3H3/b10-7-,19-16-,21-18-,26-23-,27-25-,32-30-,33-31-,39-37-. The summed E-state index contributed by atoms with van der Waals surface area (Å²) in [6.45, 7) is 6.50. The average Bonchev–Trinajstić information content (AvgIpc) is 3.42. The summed E-state index contributed by atoms with van der Waals surface area (Å²) in [6, 6.07) is 0. The lowest BCUT2D eigenvalue weighted by molar-refractivity contribution is -0.167. The van der Waals surface area contributed by atoms with Crippen LogP contribution < -0.4 is 0 Å². The van der Waals surface area contributed by atoms with Crippen LogP contribution in [0.5, 0.6) is 0 Å². The number of rotatable bonds is 58. The van der Waals surface area contributed by atoms with Crippen molar-refractivity contribution < 1.29 is 28.6 Å². The molecule has 0 bridgehead atoms. The molecule has 76 heavy (non-hydrogen) atoms. The lowest BCUT2D eigenvalue weighted by Gasteiger charge is -2.18. The highest BCUT2D eigenvalue weighted by Crippen LogP contribution is 2.16. The van der Waals surface area contributed by atoms with Crippen molar-refractivity contribution in [2.75, 3.05) is 13.2 Å². The van der Waals surface area contributed by atoms with Crippen LogP contribution in [0, 0.1) is 0 Å². The zero-order chi connectivity index (χ0) is 55.0. The van der Waals surface area contributed by atoms with E-state index in [1.807, 2.05) is 0 Å². The molecule has 0 aromatic carbocycles. The third-order valence-corrected chi connectivity index (χ3v) is 13.8. The molecule has 0 amide bonds. The van der Waals surface area contributed by atoms with Crippen molar-refractivity contribution in [3.8, 4) is 0 Å². The van der Waals surface area contributed by atoms with Crippen LogP contribution >= 0.6 is 0 Å². The largest absolute Gasteiger partial charge is 0.462 e. The van der Waals surface area contributed by atoms with Crippen molar-refractivity contribution >= 4 is 17.9 Å². The molecule has 0 spiro atoms. The number of carbonyl (C=O) groups is 3. The molecule has 0 saturated carbocycles. The molecule has 6 nitrogen and oxygen atoms in total. The predicted molar refractivity (Wildman–Crippen MR) is 330 cm³/mol. The Morgan fingerprint density at radius 2 is 0.513 bits per heavy atom. The number of esters is 3. The maximum atomic E-state index is 12.9. The van der Waals surface area contributed by atoms with Gasteiger partial charge in [-0.15, -0.1) is 0 Å². The second kappa shape index (κ2) is 63.9. The van der Waals surface area contributed by atoms with E-state index in [9.17, 15) is 14.4 Å². The van der Waals surface area contributed by atoms with E-state index in [1.54, 1.807) is 0 Å². The molecule has 1 unspecified atom stereocenters. The minimum atomic E-state index is -0.788. The minimum absolute atomic E-state index is 0.0855. The van der Waals surface area contributed by atoms with E-state index in [0.717, 1.165) is 109 Å². The molecule has 6 heteroatoms. The van der Waals surface area contributed by atoms with Gasteiger partial charge in [-0.1, -0.05) is 266 Å². The molecule has 0 N–H and O–H groups in total. The summed E-state index contributed by atoms with van der Waals surface area (Å²) in [4.78, 5) is 38.3. The molecule has 0 aliphatic heterocycles. The zero-order valence-corrected chi connectivity index (χ0v) is 50.0. The molecule has 436 valence electrons. The Morgan fingerprint density at radius 1 is 0.276 bits per heavy atom. The van der Waals surface area contributed by atoms with Crippen molar-refractivity contribution in [2.45, 2.75) is 316 Å². The molecule has 0 heterocycles. The maximum absolute atomic E-state index is 12.9. The van der Waals surface area contributed by atoms with E-state index >= 15 is 0 Å². The van der Waals surface area contributed by atoms with E-state index in [2.05, 4.69) is 118 Å². The lowest BCUT2D eigenvalue weighted by atomic mass is 10.0. The number of hydrogen-bond donors (Lipinski definition) is 0. The van der Waals surface area contributed by atoms with Gasteiger partial charge in [-0.3, -0.25) is 14.4 Å². The van der Waals surface area contributed by atoms with Gasteiger partial charge in [0.15, 0.2) is 6.10 Å². The molecular formula is C70H120O6. The van der Waals surface area contributed by atoms with Crippen molar-refractivity contribution in [1.82, 2.24) is 0 Å². The summed E-state index contributed by atoms with van der Waals surface area (Å²) in [6.07, 6.45) is 85.5. The fourth-order valence-corrected chi connectivity index (χ4v) is 8.97. The summed E-state index contributed by atoms with van der Waals surface area (Å²) < 4.78 is 16.9. The minimum Gasteiger partial charge on any atom is -0.462 e. The van der Waals surface area contributed by atoms with Crippen molar-refractivity contribution in [1.29, 1.82) is 0 Å². The Kier molecular flexibility index (Phi) is 60.8. The Balaban J connectivity index is 4.34. The molecule has 0 fully saturated rings. The second-order valence-electron chi connectivity index (χ2n) is 21.3. The van der Waals surface area contributed by atoms with Crippen LogP contribution in [0.1, 0.15) is 310 Å². The first kappa shape index (κ1) is 72.3. The topological polar surface area (TPSA) is 78.9 Å². The first-order chi connectivity index (χ1) is 37.5. The molecule has 0 rings (SSSR count). The van der Waals surface area contributed by atoms with Crippen LogP contribution in [0.25, 0.3) is 0 Å². The first-order valence-corrected chi connectivity index (χ1v) is 32.2. The van der Waals surface area contributed by atoms with E-state index in [-0.39, 0.29) is 31.1 Å². The number of ether oxygens (including phenoxy) is 3. The summed E-state index contributed by atoms with van der Waals surface area (Å²) >= 11 is 0. The van der Waals surface area contributed by atoms with Gasteiger partial charge in [0.05, 0.1) is 0 Å². The molecule has 0 aliphatic rings. The Hall–Kier alpha value is -3.67. The van der Waals surface area contributed by atoms with Gasteiger partial charge in [0.25, 0.3) is 0 Å². The lowest BCUT2D eigenvalue weighted by Crippen LogP contribution is -2.30.